The zero-order valence-corrected chi connectivity index (χ0v) is 15.7. The Hall–Kier alpha value is -1.13. The third-order valence-electron chi connectivity index (χ3n) is 5.57. The molecular weight excluding hydrogens is 288 g/mol. The third kappa shape index (κ3) is 2.63. The zero-order chi connectivity index (χ0) is 16.1. The summed E-state index contributed by atoms with van der Waals surface area (Å²) in [6.07, 6.45) is 4.65. The van der Waals surface area contributed by atoms with Gasteiger partial charge in [-0.2, -0.15) is 0 Å². The van der Waals surface area contributed by atoms with Crippen LogP contribution in [0.1, 0.15) is 45.1 Å². The van der Waals surface area contributed by atoms with E-state index in [9.17, 15) is 0 Å². The van der Waals surface area contributed by atoms with Crippen molar-refractivity contribution in [3.05, 3.63) is 30.1 Å². The average Bonchev–Trinajstić information content (AvgIpc) is 2.74. The second kappa shape index (κ2) is 5.20. The van der Waals surface area contributed by atoms with Crippen molar-refractivity contribution in [3.63, 3.8) is 0 Å². The van der Waals surface area contributed by atoms with Crippen LogP contribution in [0.4, 0.5) is 0 Å². The van der Waals surface area contributed by atoms with E-state index in [1.165, 1.54) is 11.1 Å². The van der Waals surface area contributed by atoms with Crippen molar-refractivity contribution in [3.8, 4) is 0 Å². The summed E-state index contributed by atoms with van der Waals surface area (Å²) in [5, 5.41) is 0.292. The van der Waals surface area contributed by atoms with Gasteiger partial charge in [-0.05, 0) is 48.5 Å². The Balaban J connectivity index is 1.72. The van der Waals surface area contributed by atoms with Gasteiger partial charge in [-0.25, -0.2) is 4.98 Å². The summed E-state index contributed by atoms with van der Waals surface area (Å²) in [6, 6.07) is 6.49. The fourth-order valence-electron chi connectivity index (χ4n) is 3.08. The van der Waals surface area contributed by atoms with Crippen LogP contribution in [0.3, 0.4) is 0 Å². The molecule has 0 spiro atoms. The van der Waals surface area contributed by atoms with Crippen LogP contribution in [0.5, 0.6) is 0 Å². The monoisotopic (exact) mass is 316 g/mol. The number of aryl methyl sites for hydroxylation is 1. The summed E-state index contributed by atoms with van der Waals surface area (Å²) in [4.78, 5) is 4.47. The molecule has 1 saturated carbocycles. The number of imidazole rings is 1. The quantitative estimate of drug-likeness (QED) is 0.758. The van der Waals surface area contributed by atoms with Gasteiger partial charge in [-0.3, -0.25) is 0 Å². The van der Waals surface area contributed by atoms with Crippen LogP contribution in [0.15, 0.2) is 24.5 Å². The lowest BCUT2D eigenvalue weighted by atomic mass is 9.77. The molecule has 1 fully saturated rings. The molecule has 2 aromatic rings. The highest BCUT2D eigenvalue weighted by Gasteiger charge is 2.42. The Bertz CT molecular complexity index is 678. The number of fused-ring (bicyclic) bond motifs is 1. The van der Waals surface area contributed by atoms with Crippen molar-refractivity contribution in [2.24, 2.45) is 7.05 Å². The summed E-state index contributed by atoms with van der Waals surface area (Å²) in [6.45, 7) is 11.6. The van der Waals surface area contributed by atoms with Crippen LogP contribution in [0, 0.1) is 0 Å². The number of hydrogen-bond acceptors (Lipinski definition) is 2. The lowest BCUT2D eigenvalue weighted by molar-refractivity contribution is 0.0845. The van der Waals surface area contributed by atoms with Gasteiger partial charge in [0.25, 0.3) is 0 Å². The van der Waals surface area contributed by atoms with Crippen LogP contribution in [-0.2, 0) is 11.5 Å². The van der Waals surface area contributed by atoms with Gasteiger partial charge in [0, 0.05) is 13.2 Å². The van der Waals surface area contributed by atoms with E-state index in [4.69, 9.17) is 4.43 Å². The molecule has 3 rings (SSSR count). The van der Waals surface area contributed by atoms with Gasteiger partial charge in [-0.15, -0.1) is 0 Å². The number of para-hydroxylation sites is 1. The molecule has 0 unspecified atom stereocenters. The van der Waals surface area contributed by atoms with Crippen LogP contribution >= 0.6 is 0 Å². The molecule has 120 valence electrons. The van der Waals surface area contributed by atoms with Gasteiger partial charge in [0.05, 0.1) is 17.4 Å². The van der Waals surface area contributed by atoms with Crippen molar-refractivity contribution < 1.29 is 4.43 Å². The Morgan fingerprint density at radius 2 is 1.91 bits per heavy atom. The molecule has 1 aromatic carbocycles. The summed E-state index contributed by atoms with van der Waals surface area (Å²) >= 11 is 0. The molecule has 3 nitrogen and oxygen atoms in total. The minimum atomic E-state index is -1.64. The van der Waals surface area contributed by atoms with Gasteiger partial charge in [-0.1, -0.05) is 32.9 Å². The molecule has 0 N–H and O–H groups in total. The SMILES string of the molecule is Cn1cnc2cccc(C3CC(O[Si](C)(C)C(C)(C)C)C3)c21. The fraction of sp³-hybridized carbons (Fsp3) is 0.611. The predicted octanol–water partition coefficient (Wildman–Crippen LogP) is 4.84. The third-order valence-corrected chi connectivity index (χ3v) is 10.1. The summed E-state index contributed by atoms with van der Waals surface area (Å²) in [5.41, 5.74) is 3.83. The molecule has 1 heterocycles. The maximum atomic E-state index is 6.53. The molecule has 1 aliphatic carbocycles. The summed E-state index contributed by atoms with van der Waals surface area (Å²) < 4.78 is 8.68. The van der Waals surface area contributed by atoms with Crippen molar-refractivity contribution in [2.45, 2.75) is 63.8 Å². The molecule has 0 saturated heterocycles. The number of nitrogens with zero attached hydrogens (tertiary/aromatic N) is 2. The normalized spacial score (nSPS) is 22.8. The Morgan fingerprint density at radius 1 is 1.23 bits per heavy atom. The molecule has 1 aromatic heterocycles. The maximum Gasteiger partial charge on any atom is 0.192 e. The summed E-state index contributed by atoms with van der Waals surface area (Å²) in [7, 11) is 0.447. The number of hydrogen-bond donors (Lipinski definition) is 0. The van der Waals surface area contributed by atoms with Crippen LogP contribution < -0.4 is 0 Å². The molecule has 0 bridgehead atoms. The van der Waals surface area contributed by atoms with Crippen molar-refractivity contribution in [1.29, 1.82) is 0 Å². The van der Waals surface area contributed by atoms with Gasteiger partial charge in [0.15, 0.2) is 8.32 Å². The summed E-state index contributed by atoms with van der Waals surface area (Å²) in [5.74, 6) is 0.619. The van der Waals surface area contributed by atoms with Crippen molar-refractivity contribution in [1.82, 2.24) is 9.55 Å². The van der Waals surface area contributed by atoms with Crippen LogP contribution in [0.25, 0.3) is 11.0 Å². The first kappa shape index (κ1) is 15.8. The molecule has 4 heteroatoms. The topological polar surface area (TPSA) is 27.1 Å². The number of rotatable bonds is 3. The fourth-order valence-corrected chi connectivity index (χ4v) is 4.46. The lowest BCUT2D eigenvalue weighted by Crippen LogP contribution is -2.47. The van der Waals surface area contributed by atoms with Gasteiger partial charge >= 0.3 is 0 Å². The molecule has 0 aliphatic heterocycles. The first-order chi connectivity index (χ1) is 10.2. The second-order valence-electron chi connectivity index (χ2n) is 8.24. The van der Waals surface area contributed by atoms with E-state index in [2.05, 4.69) is 68.7 Å². The smallest absolute Gasteiger partial charge is 0.192 e. The van der Waals surface area contributed by atoms with Crippen molar-refractivity contribution in [2.75, 3.05) is 0 Å². The van der Waals surface area contributed by atoms with Crippen molar-refractivity contribution >= 4 is 19.4 Å². The second-order valence-corrected chi connectivity index (χ2v) is 13.0. The number of benzene rings is 1. The van der Waals surface area contributed by atoms with Crippen LogP contribution in [-0.4, -0.2) is 24.0 Å². The van der Waals surface area contributed by atoms with E-state index >= 15 is 0 Å². The Morgan fingerprint density at radius 3 is 2.55 bits per heavy atom. The van der Waals surface area contributed by atoms with E-state index in [1.807, 2.05) is 6.33 Å². The highest BCUT2D eigenvalue weighted by atomic mass is 28.4. The van der Waals surface area contributed by atoms with Gasteiger partial charge in [0.2, 0.25) is 0 Å². The van der Waals surface area contributed by atoms with E-state index in [1.54, 1.807) is 0 Å². The Labute approximate surface area is 134 Å². The molecular formula is C18H28N2OSi. The minimum absolute atomic E-state index is 0.292. The molecule has 1 aliphatic rings. The Kier molecular flexibility index (Phi) is 3.73. The van der Waals surface area contributed by atoms with E-state index < -0.39 is 8.32 Å². The predicted molar refractivity (Wildman–Crippen MR) is 94.8 cm³/mol. The minimum Gasteiger partial charge on any atom is -0.414 e. The molecule has 0 amide bonds. The number of aromatic nitrogens is 2. The van der Waals surface area contributed by atoms with E-state index in [0.717, 1.165) is 18.4 Å². The first-order valence-corrected chi connectivity index (χ1v) is 11.2. The zero-order valence-electron chi connectivity index (χ0n) is 14.7. The molecule has 0 radical (unpaired) electrons. The maximum absolute atomic E-state index is 6.53. The van der Waals surface area contributed by atoms with E-state index in [0.29, 0.717) is 17.1 Å². The first-order valence-electron chi connectivity index (χ1n) is 8.27. The highest BCUT2D eigenvalue weighted by molar-refractivity contribution is 6.74. The standard InChI is InChI=1S/C18H28N2OSi/c1-18(2,3)22(5,6)21-14-10-13(11-14)15-8-7-9-16-17(15)20(4)12-19-16/h7-9,12-14H,10-11H2,1-6H3. The van der Waals surface area contributed by atoms with Crippen LogP contribution in [0.2, 0.25) is 18.1 Å². The van der Waals surface area contributed by atoms with Gasteiger partial charge < -0.3 is 8.99 Å². The lowest BCUT2D eigenvalue weighted by Gasteiger charge is -2.45. The molecule has 22 heavy (non-hydrogen) atoms. The molecule has 0 atom stereocenters. The average molecular weight is 317 g/mol. The largest absolute Gasteiger partial charge is 0.414 e. The highest BCUT2D eigenvalue weighted by Crippen LogP contribution is 2.45. The van der Waals surface area contributed by atoms with E-state index in [-0.39, 0.29) is 0 Å². The van der Waals surface area contributed by atoms with Gasteiger partial charge in [0.1, 0.15) is 0 Å².